The first-order valence-electron chi connectivity index (χ1n) is 27.0. The lowest BCUT2D eigenvalue weighted by Crippen LogP contribution is -2.61. The number of thiol groups is 3. The zero-order valence-electron chi connectivity index (χ0n) is 47.5. The van der Waals surface area contributed by atoms with Crippen LogP contribution in [0, 0.1) is 5.92 Å². The third-order valence-electron chi connectivity index (χ3n) is 12.7. The molecule has 1 aromatic carbocycles. The predicted octanol–water partition coefficient (Wildman–Crippen LogP) is -8.10. The first kappa shape index (κ1) is 74.0. The van der Waals surface area contributed by atoms with E-state index in [0.29, 0.717) is 24.9 Å². The molecule has 1 aliphatic rings. The second-order valence-corrected chi connectivity index (χ2v) is 20.7. The summed E-state index contributed by atoms with van der Waals surface area (Å²) >= 11 is 12.5. The van der Waals surface area contributed by atoms with Crippen LogP contribution in [0.5, 0.6) is 5.75 Å². The van der Waals surface area contributed by atoms with Crippen molar-refractivity contribution in [1.82, 2.24) is 69.1 Å². The minimum Gasteiger partial charge on any atom is -0.508 e. The van der Waals surface area contributed by atoms with Crippen LogP contribution >= 0.6 is 37.9 Å². The number of guanidine groups is 1. The van der Waals surface area contributed by atoms with E-state index in [1.54, 1.807) is 13.8 Å². The summed E-state index contributed by atoms with van der Waals surface area (Å²) in [4.78, 5) is 185. The molecule has 21 N–H and O–H groups in total. The van der Waals surface area contributed by atoms with Gasteiger partial charge in [0.2, 0.25) is 76.8 Å². The number of aromatic hydroxyl groups is 1. The number of carbonyl (C=O) groups is 14. The van der Waals surface area contributed by atoms with E-state index in [1.165, 1.54) is 31.2 Å². The van der Waals surface area contributed by atoms with Gasteiger partial charge in [-0.25, -0.2) is 0 Å². The number of phenols is 1. The van der Waals surface area contributed by atoms with E-state index >= 15 is 0 Å². The fourth-order valence-electron chi connectivity index (χ4n) is 7.82. The maximum atomic E-state index is 13.9. The summed E-state index contributed by atoms with van der Waals surface area (Å²) in [6.45, 7) is 2.46. The average molecular weight is 1270 g/mol. The number of nitrogens with zero attached hydrogens (tertiary/aromatic N) is 1. The van der Waals surface area contributed by atoms with Gasteiger partial charge in [0.25, 0.3) is 0 Å². The Morgan fingerprint density at radius 2 is 1.07 bits per heavy atom. The van der Waals surface area contributed by atoms with Crippen molar-refractivity contribution in [3.63, 3.8) is 0 Å². The van der Waals surface area contributed by atoms with Crippen molar-refractivity contribution in [3.05, 3.63) is 29.8 Å². The number of phenolic OH excluding ortho intramolecular Hbond substituents is 1. The van der Waals surface area contributed by atoms with Gasteiger partial charge in [-0.3, -0.25) is 72.1 Å². The van der Waals surface area contributed by atoms with Gasteiger partial charge < -0.3 is 96.5 Å². The highest BCUT2D eigenvalue weighted by Gasteiger charge is 2.35. The maximum Gasteiger partial charge on any atom is 0.322 e. The fraction of sp³-hybridized carbons (Fsp3) is 0.580. The van der Waals surface area contributed by atoms with Crippen molar-refractivity contribution in [2.75, 3.05) is 56.5 Å². The van der Waals surface area contributed by atoms with Crippen LogP contribution in [0.15, 0.2) is 29.3 Å². The molecule has 13 amide bonds. The third-order valence-corrected chi connectivity index (χ3v) is 13.8. The molecule has 1 fully saturated rings. The maximum absolute atomic E-state index is 13.9. The van der Waals surface area contributed by atoms with Crippen molar-refractivity contribution < 1.29 is 77.3 Å². The molecule has 36 heteroatoms. The summed E-state index contributed by atoms with van der Waals surface area (Å²) in [5, 5.41) is 50.2. The van der Waals surface area contributed by atoms with Crippen LogP contribution in [-0.2, 0) is 73.5 Å². The Labute approximate surface area is 511 Å². The Morgan fingerprint density at radius 3 is 1.60 bits per heavy atom. The minimum atomic E-state index is -1.74. The summed E-state index contributed by atoms with van der Waals surface area (Å²) in [6.07, 6.45) is 0.634. The van der Waals surface area contributed by atoms with Crippen LogP contribution in [0.25, 0.3) is 0 Å². The molecule has 10 atom stereocenters. The average Bonchev–Trinajstić information content (AvgIpc) is 4.13. The number of aliphatic imine (C=N–C) groups is 1. The lowest BCUT2D eigenvalue weighted by molar-refractivity contribution is -0.138. The normalized spacial score (nSPS) is 15.6. The third kappa shape index (κ3) is 27.7. The number of carbonyl (C=O) groups excluding carboxylic acids is 13. The van der Waals surface area contributed by atoms with E-state index in [-0.39, 0.29) is 60.7 Å². The molecule has 33 nitrogen and oxygen atoms in total. The first-order chi connectivity index (χ1) is 40.6. The van der Waals surface area contributed by atoms with Crippen molar-refractivity contribution in [2.24, 2.45) is 28.1 Å². The van der Waals surface area contributed by atoms with Crippen LogP contribution in [0.4, 0.5) is 0 Å². The number of carboxylic acids is 1. The predicted molar refractivity (Wildman–Crippen MR) is 318 cm³/mol. The number of nitrogens with two attached hydrogens (primary N) is 3. The fourth-order valence-corrected chi connectivity index (χ4v) is 8.59. The SMILES string of the molecule is CC[C@H](C)[C@H](NC(=O)[C@H](CS)NC(=O)[C@H](C)NC(=O)CNC(=O)[C@@H]1CCCN1)C(=O)N[C@@H](CS)C(=O)N[C@@H](CCCN=C(N)N)C(=O)NCC(=O)N[C@@H](CC(N)=O)C(=O)NCC(=O)N[C@@H](Cc1ccc(O)cc1)C(=O)N[C@@H](CS)C(=O)NCC(=O)O. The molecule has 0 aromatic heterocycles. The van der Waals surface area contributed by atoms with E-state index in [0.717, 1.165) is 6.42 Å². The molecule has 0 spiro atoms. The van der Waals surface area contributed by atoms with Crippen molar-refractivity contribution in [2.45, 2.75) is 120 Å². The Balaban J connectivity index is 2.15. The first-order valence-corrected chi connectivity index (χ1v) is 28.9. The zero-order valence-corrected chi connectivity index (χ0v) is 50.2. The summed E-state index contributed by atoms with van der Waals surface area (Å²) in [7, 11) is 0. The molecule has 0 bridgehead atoms. The van der Waals surface area contributed by atoms with Gasteiger partial charge in [-0.2, -0.15) is 37.9 Å². The summed E-state index contributed by atoms with van der Waals surface area (Å²) in [5.41, 5.74) is 16.6. The van der Waals surface area contributed by atoms with Crippen LogP contribution in [-0.4, -0.2) is 210 Å². The Morgan fingerprint density at radius 1 is 0.593 bits per heavy atom. The Bertz CT molecular complexity index is 2590. The topological polar surface area (TPSA) is 526 Å². The summed E-state index contributed by atoms with van der Waals surface area (Å²) in [6, 6.07) is -6.18. The standard InChI is InChI=1S/C50H79N17O16S3/c1-4-24(2)40(67-48(82)34(23-86)64-41(75)25(3)60-36(70)17-56-42(76)28-7-5-13-54-28)49(83)66-33(22-85)47(81)63-29(8-6-14-55-50(52)53)43(77)57-18-38(72)62-31(16-35(51)69)44(78)58-19-37(71)61-30(15-26-9-11-27(68)12-10-26)46(80)65-32(21-84)45(79)59-20-39(73)74/h9-12,24-25,28-34,40,54,68,84-86H,4-8,13-23H2,1-3H3,(H2,51,69)(H,56,76)(H,57,77)(H,58,78)(H,59,79)(H,60,70)(H,61,71)(H,62,72)(H,63,81)(H,64,75)(H,65,80)(H,66,83)(H,67,82)(H,73,74)(H4,52,53,55)/t24-,25-,28-,29-,30-,31-,32-,33-,34-,40-/m0/s1. The van der Waals surface area contributed by atoms with Crippen LogP contribution in [0.1, 0.15) is 64.9 Å². The van der Waals surface area contributed by atoms with Crippen LogP contribution < -0.4 is 86.3 Å². The second kappa shape index (κ2) is 38.8. The quantitative estimate of drug-likeness (QED) is 0.0127. The number of rotatable bonds is 38. The second-order valence-electron chi connectivity index (χ2n) is 19.6. The molecular weight excluding hydrogens is 1190 g/mol. The Hall–Kier alpha value is -8.12. The molecule has 0 aliphatic carbocycles. The van der Waals surface area contributed by atoms with E-state index < -0.39 is 170 Å². The van der Waals surface area contributed by atoms with Gasteiger partial charge in [-0.05, 0) is 62.8 Å². The van der Waals surface area contributed by atoms with Gasteiger partial charge in [-0.1, -0.05) is 32.4 Å². The molecule has 0 unspecified atom stereocenters. The molecule has 86 heavy (non-hydrogen) atoms. The number of carboxylic acid groups (broad SMARTS) is 1. The minimum absolute atomic E-state index is 0.0233. The zero-order chi connectivity index (χ0) is 64.6. The highest BCUT2D eigenvalue weighted by atomic mass is 32.1. The molecule has 2 rings (SSSR count). The van der Waals surface area contributed by atoms with Gasteiger partial charge in [0.1, 0.15) is 60.6 Å². The molecule has 1 aliphatic heterocycles. The molecule has 1 heterocycles. The van der Waals surface area contributed by atoms with E-state index in [9.17, 15) is 72.2 Å². The van der Waals surface area contributed by atoms with Gasteiger partial charge in [0, 0.05) is 30.2 Å². The van der Waals surface area contributed by atoms with E-state index in [2.05, 4.69) is 112 Å². The van der Waals surface area contributed by atoms with Gasteiger partial charge >= 0.3 is 5.97 Å². The summed E-state index contributed by atoms with van der Waals surface area (Å²) in [5.74, 6) is -14.7. The number of nitrogens with one attached hydrogen (secondary N) is 13. The number of benzene rings is 1. The molecule has 1 saturated heterocycles. The van der Waals surface area contributed by atoms with Crippen molar-refractivity contribution in [3.8, 4) is 5.75 Å². The molecule has 1 aromatic rings. The van der Waals surface area contributed by atoms with Gasteiger partial charge in [0.05, 0.1) is 32.1 Å². The highest BCUT2D eigenvalue weighted by molar-refractivity contribution is 7.80. The molecule has 0 radical (unpaired) electrons. The smallest absolute Gasteiger partial charge is 0.322 e. The van der Waals surface area contributed by atoms with E-state index in [1.807, 2.05) is 0 Å². The lowest BCUT2D eigenvalue weighted by atomic mass is 9.97. The number of primary amides is 1. The number of hydrogen-bond donors (Lipinski definition) is 21. The highest BCUT2D eigenvalue weighted by Crippen LogP contribution is 2.13. The molecule has 478 valence electrons. The van der Waals surface area contributed by atoms with Crippen molar-refractivity contribution >= 4 is 127 Å². The largest absolute Gasteiger partial charge is 0.508 e. The molecular formula is C50H79N17O16S3. The van der Waals surface area contributed by atoms with Crippen molar-refractivity contribution in [1.29, 1.82) is 0 Å². The van der Waals surface area contributed by atoms with Crippen LogP contribution in [0.3, 0.4) is 0 Å². The molecule has 0 saturated carbocycles. The number of aliphatic carboxylic acids is 1. The van der Waals surface area contributed by atoms with Crippen LogP contribution in [0.2, 0.25) is 0 Å². The van der Waals surface area contributed by atoms with E-state index in [4.69, 9.17) is 22.3 Å². The summed E-state index contributed by atoms with van der Waals surface area (Å²) < 4.78 is 0. The monoisotopic (exact) mass is 1270 g/mol. The Kier molecular flexibility index (Phi) is 33.3. The van der Waals surface area contributed by atoms with Gasteiger partial charge in [-0.15, -0.1) is 0 Å². The van der Waals surface area contributed by atoms with Gasteiger partial charge in [0.15, 0.2) is 5.96 Å². The lowest BCUT2D eigenvalue weighted by Gasteiger charge is -2.28. The number of hydrogen-bond acceptors (Lipinski definition) is 20. The number of amides is 13.